The van der Waals surface area contributed by atoms with Gasteiger partial charge in [0.15, 0.2) is 0 Å². The van der Waals surface area contributed by atoms with Crippen LogP contribution in [0.1, 0.15) is 40.9 Å². The average Bonchev–Trinajstić information content (AvgIpc) is 3.05. The Labute approximate surface area is 136 Å². The molecular weight excluding hydrogens is 288 g/mol. The summed E-state index contributed by atoms with van der Waals surface area (Å²) >= 11 is 0. The Hall–Kier alpha value is -1.81. The van der Waals surface area contributed by atoms with E-state index in [-0.39, 0.29) is 5.91 Å². The molecule has 0 bridgehead atoms. The number of rotatable bonds is 4. The van der Waals surface area contributed by atoms with Gasteiger partial charge in [0.25, 0.3) is 5.91 Å². The van der Waals surface area contributed by atoms with Gasteiger partial charge >= 0.3 is 0 Å². The number of aromatic amines is 1. The molecule has 23 heavy (non-hydrogen) atoms. The molecule has 1 aliphatic carbocycles. The van der Waals surface area contributed by atoms with Gasteiger partial charge in [-0.25, -0.2) is 0 Å². The van der Waals surface area contributed by atoms with Crippen LogP contribution in [0.2, 0.25) is 0 Å². The highest BCUT2D eigenvalue weighted by atomic mass is 16.5. The predicted octanol–water partition coefficient (Wildman–Crippen LogP) is 3.43. The van der Waals surface area contributed by atoms with Crippen LogP contribution in [0, 0.1) is 19.8 Å². The largest absolute Gasteiger partial charge is 0.381 e. The molecule has 1 aromatic heterocycles. The molecule has 4 heteroatoms. The number of fused-ring (bicyclic) bond motifs is 1. The molecule has 1 unspecified atom stereocenters. The first kappa shape index (κ1) is 14.8. The first-order valence-electron chi connectivity index (χ1n) is 8.60. The van der Waals surface area contributed by atoms with Crippen LogP contribution in [0.25, 0.3) is 10.9 Å². The third-order valence-electron chi connectivity index (χ3n) is 5.05. The van der Waals surface area contributed by atoms with Gasteiger partial charge in [-0.3, -0.25) is 4.79 Å². The Morgan fingerprint density at radius 2 is 2.09 bits per heavy atom. The van der Waals surface area contributed by atoms with Crippen LogP contribution in [-0.2, 0) is 4.74 Å². The predicted molar refractivity (Wildman–Crippen MR) is 90.8 cm³/mol. The molecule has 122 valence electrons. The Balaban J connectivity index is 1.62. The highest BCUT2D eigenvalue weighted by Crippen LogP contribution is 2.31. The molecule has 0 radical (unpaired) electrons. The quantitative estimate of drug-likeness (QED) is 0.940. The molecule has 1 saturated carbocycles. The zero-order valence-corrected chi connectivity index (χ0v) is 13.9. The number of aromatic nitrogens is 1. The monoisotopic (exact) mass is 312 g/mol. The van der Waals surface area contributed by atoms with Crippen LogP contribution in [0.3, 0.4) is 0 Å². The minimum absolute atomic E-state index is 0.146. The van der Waals surface area contributed by atoms with Gasteiger partial charge < -0.3 is 14.6 Å². The lowest BCUT2D eigenvalue weighted by atomic mass is 10.1. The number of amides is 1. The highest BCUT2D eigenvalue weighted by molar-refractivity contribution is 5.99. The molecule has 1 atom stereocenters. The second-order valence-corrected chi connectivity index (χ2v) is 7.14. The summed E-state index contributed by atoms with van der Waals surface area (Å²) < 4.78 is 5.47. The summed E-state index contributed by atoms with van der Waals surface area (Å²) in [5.41, 5.74) is 4.22. The Morgan fingerprint density at radius 3 is 2.78 bits per heavy atom. The van der Waals surface area contributed by atoms with Crippen molar-refractivity contribution < 1.29 is 9.53 Å². The number of hydrogen-bond donors (Lipinski definition) is 1. The Bertz CT molecular complexity index is 739. The molecule has 2 aromatic rings. The minimum atomic E-state index is 0.146. The molecule has 1 aliphatic heterocycles. The van der Waals surface area contributed by atoms with Gasteiger partial charge in [0, 0.05) is 36.0 Å². The van der Waals surface area contributed by atoms with E-state index in [1.807, 2.05) is 6.07 Å². The van der Waals surface area contributed by atoms with E-state index < -0.39 is 0 Å². The number of nitrogens with one attached hydrogen (secondary N) is 1. The van der Waals surface area contributed by atoms with Crippen LogP contribution >= 0.6 is 0 Å². The highest BCUT2D eigenvalue weighted by Gasteiger charge is 2.35. The second-order valence-electron chi connectivity index (χ2n) is 7.14. The standard InChI is InChI=1S/C19H24N2O2/c1-12-7-13(2)16-9-18(20-17(16)8-12)19(22)21(15-3-4-15)10-14-5-6-23-11-14/h7-9,14-15,20H,3-6,10-11H2,1-2H3. The van der Waals surface area contributed by atoms with Crippen LogP contribution in [-0.4, -0.2) is 41.6 Å². The zero-order valence-electron chi connectivity index (χ0n) is 13.9. The van der Waals surface area contributed by atoms with E-state index in [9.17, 15) is 4.79 Å². The number of H-pyrrole nitrogens is 1. The van der Waals surface area contributed by atoms with E-state index in [4.69, 9.17) is 4.74 Å². The van der Waals surface area contributed by atoms with Crippen LogP contribution < -0.4 is 0 Å². The summed E-state index contributed by atoms with van der Waals surface area (Å²) in [6, 6.07) is 6.73. The first-order chi connectivity index (χ1) is 11.1. The molecule has 0 spiro atoms. The smallest absolute Gasteiger partial charge is 0.270 e. The number of aryl methyl sites for hydroxylation is 2. The third kappa shape index (κ3) is 2.88. The van der Waals surface area contributed by atoms with E-state index >= 15 is 0 Å². The van der Waals surface area contributed by atoms with Crippen LogP contribution in [0.5, 0.6) is 0 Å². The molecule has 2 fully saturated rings. The number of carbonyl (C=O) groups is 1. The maximum absolute atomic E-state index is 13.0. The lowest BCUT2D eigenvalue weighted by Crippen LogP contribution is -2.37. The van der Waals surface area contributed by atoms with Crippen LogP contribution in [0.15, 0.2) is 18.2 Å². The Morgan fingerprint density at radius 1 is 1.26 bits per heavy atom. The van der Waals surface area contributed by atoms with Gasteiger partial charge in [0.2, 0.25) is 0 Å². The van der Waals surface area contributed by atoms with Crippen molar-refractivity contribution in [1.82, 2.24) is 9.88 Å². The topological polar surface area (TPSA) is 45.3 Å². The molecule has 1 N–H and O–H groups in total. The normalized spacial score (nSPS) is 21.0. The molecule has 4 nitrogen and oxygen atoms in total. The number of nitrogens with zero attached hydrogens (tertiary/aromatic N) is 1. The lowest BCUT2D eigenvalue weighted by Gasteiger charge is -2.24. The third-order valence-corrected chi connectivity index (χ3v) is 5.05. The van der Waals surface area contributed by atoms with Gasteiger partial charge in [0.1, 0.15) is 5.69 Å². The molecular formula is C19H24N2O2. The van der Waals surface area contributed by atoms with Crippen molar-refractivity contribution in [3.63, 3.8) is 0 Å². The zero-order chi connectivity index (χ0) is 16.0. The summed E-state index contributed by atoms with van der Waals surface area (Å²) in [6.45, 7) is 6.65. The number of carbonyl (C=O) groups excluding carboxylic acids is 1. The van der Waals surface area contributed by atoms with E-state index in [1.165, 1.54) is 11.1 Å². The Kier molecular flexibility index (Phi) is 3.64. The minimum Gasteiger partial charge on any atom is -0.381 e. The van der Waals surface area contributed by atoms with Gasteiger partial charge in [0.05, 0.1) is 6.61 Å². The summed E-state index contributed by atoms with van der Waals surface area (Å²) in [5, 5.41) is 1.15. The second kappa shape index (κ2) is 5.68. The van der Waals surface area contributed by atoms with Crippen molar-refractivity contribution in [1.29, 1.82) is 0 Å². The summed E-state index contributed by atoms with van der Waals surface area (Å²) in [6.07, 6.45) is 3.34. The van der Waals surface area contributed by atoms with Gasteiger partial charge in [-0.1, -0.05) is 6.07 Å². The molecule has 2 aliphatic rings. The number of benzene rings is 1. The van der Waals surface area contributed by atoms with Gasteiger partial charge in [-0.2, -0.15) is 0 Å². The molecule has 1 amide bonds. The molecule has 4 rings (SSSR count). The van der Waals surface area contributed by atoms with Crippen molar-refractivity contribution in [3.8, 4) is 0 Å². The fourth-order valence-electron chi connectivity index (χ4n) is 3.66. The number of ether oxygens (including phenoxy) is 1. The molecule has 1 aromatic carbocycles. The summed E-state index contributed by atoms with van der Waals surface area (Å²) in [5.74, 6) is 0.639. The van der Waals surface area contributed by atoms with E-state index in [1.54, 1.807) is 0 Å². The van der Waals surface area contributed by atoms with E-state index in [2.05, 4.69) is 35.9 Å². The van der Waals surface area contributed by atoms with Gasteiger partial charge in [-0.05, 0) is 56.4 Å². The van der Waals surface area contributed by atoms with Gasteiger partial charge in [-0.15, -0.1) is 0 Å². The molecule has 1 saturated heterocycles. The van der Waals surface area contributed by atoms with Crippen molar-refractivity contribution in [2.45, 2.75) is 39.2 Å². The summed E-state index contributed by atoms with van der Waals surface area (Å²) in [4.78, 5) is 18.5. The van der Waals surface area contributed by atoms with E-state index in [0.29, 0.717) is 12.0 Å². The fourth-order valence-corrected chi connectivity index (χ4v) is 3.66. The maximum atomic E-state index is 13.0. The van der Waals surface area contributed by atoms with Crippen molar-refractivity contribution in [2.75, 3.05) is 19.8 Å². The lowest BCUT2D eigenvalue weighted by molar-refractivity contribution is 0.0701. The van der Waals surface area contributed by atoms with Crippen molar-refractivity contribution >= 4 is 16.8 Å². The average molecular weight is 312 g/mol. The fraction of sp³-hybridized carbons (Fsp3) is 0.526. The van der Waals surface area contributed by atoms with Crippen molar-refractivity contribution in [3.05, 3.63) is 35.0 Å². The van der Waals surface area contributed by atoms with Crippen LogP contribution in [0.4, 0.5) is 0 Å². The first-order valence-corrected chi connectivity index (χ1v) is 8.60. The van der Waals surface area contributed by atoms with Crippen molar-refractivity contribution in [2.24, 2.45) is 5.92 Å². The number of hydrogen-bond acceptors (Lipinski definition) is 2. The SMILES string of the molecule is Cc1cc(C)c2cc(C(=O)N(CC3CCOC3)C3CC3)[nH]c2c1. The maximum Gasteiger partial charge on any atom is 0.270 e. The molecule has 2 heterocycles. The summed E-state index contributed by atoms with van der Waals surface area (Å²) in [7, 11) is 0. The van der Waals surface area contributed by atoms with E-state index in [0.717, 1.165) is 55.6 Å².